The van der Waals surface area contributed by atoms with Crippen LogP contribution in [0.4, 0.5) is 23.7 Å². The molecular weight excluding hydrogens is 565 g/mol. The summed E-state index contributed by atoms with van der Waals surface area (Å²) in [7, 11) is 0. The molecule has 12 heteroatoms. The van der Waals surface area contributed by atoms with E-state index in [1.54, 1.807) is 17.0 Å². The number of aliphatic carboxylic acids is 1. The van der Waals surface area contributed by atoms with Crippen LogP contribution in [0.25, 0.3) is 10.8 Å². The predicted molar refractivity (Wildman–Crippen MR) is 154 cm³/mol. The Kier molecular flexibility index (Phi) is 9.29. The lowest BCUT2D eigenvalue weighted by atomic mass is 9.99. The predicted octanol–water partition coefficient (Wildman–Crippen LogP) is 5.70. The number of nitrogens with zero attached hydrogens (tertiary/aromatic N) is 1. The number of carboxylic acid groups (broad SMARTS) is 1. The Labute approximate surface area is 244 Å². The van der Waals surface area contributed by atoms with Crippen LogP contribution in [0.15, 0.2) is 84.9 Å². The summed E-state index contributed by atoms with van der Waals surface area (Å²) in [6, 6.07) is 26.3. The minimum Gasteiger partial charge on any atom is -0.475 e. The number of alkyl halides is 3. The average Bonchev–Trinajstić information content (AvgIpc) is 2.99. The van der Waals surface area contributed by atoms with Gasteiger partial charge in [-0.1, -0.05) is 54.6 Å². The van der Waals surface area contributed by atoms with Gasteiger partial charge >= 0.3 is 18.2 Å². The minimum atomic E-state index is -5.08. The number of rotatable bonds is 5. The number of nitrogens with one attached hydrogen (secondary N) is 2. The number of hydrogen-bond donors (Lipinski definition) is 4. The van der Waals surface area contributed by atoms with Crippen LogP contribution in [-0.4, -0.2) is 46.5 Å². The van der Waals surface area contributed by atoms with Crippen molar-refractivity contribution in [3.8, 4) is 0 Å². The van der Waals surface area contributed by atoms with E-state index in [1.165, 1.54) is 0 Å². The molecule has 222 valence electrons. The number of amidine groups is 1. The monoisotopic (exact) mass is 592 g/mol. The molecule has 2 amide bonds. The zero-order valence-corrected chi connectivity index (χ0v) is 22.6. The van der Waals surface area contributed by atoms with Crippen molar-refractivity contribution in [1.82, 2.24) is 4.90 Å². The van der Waals surface area contributed by atoms with Crippen LogP contribution in [0.1, 0.15) is 32.6 Å². The summed E-state index contributed by atoms with van der Waals surface area (Å²) in [4.78, 5) is 36.0. The number of anilines is 1. The van der Waals surface area contributed by atoms with E-state index < -0.39 is 12.1 Å². The van der Waals surface area contributed by atoms with E-state index in [9.17, 15) is 22.8 Å². The first-order valence-corrected chi connectivity index (χ1v) is 13.0. The summed E-state index contributed by atoms with van der Waals surface area (Å²) >= 11 is 0. The molecule has 4 aromatic carbocycles. The van der Waals surface area contributed by atoms with Crippen molar-refractivity contribution < 1.29 is 37.4 Å². The summed E-state index contributed by atoms with van der Waals surface area (Å²) in [6.45, 7) is 1.29. The van der Waals surface area contributed by atoms with Crippen molar-refractivity contribution in [2.24, 2.45) is 5.73 Å². The van der Waals surface area contributed by atoms with E-state index in [0.717, 1.165) is 27.5 Å². The highest BCUT2D eigenvalue weighted by Crippen LogP contribution is 2.25. The number of amides is 2. The molecule has 0 atom stereocenters. The molecule has 0 unspecified atom stereocenters. The van der Waals surface area contributed by atoms with Crippen LogP contribution in [0.3, 0.4) is 0 Å². The zero-order chi connectivity index (χ0) is 31.1. The smallest absolute Gasteiger partial charge is 0.475 e. The van der Waals surface area contributed by atoms with E-state index in [0.29, 0.717) is 36.3 Å². The second-order valence-electron chi connectivity index (χ2n) is 9.64. The highest BCUT2D eigenvalue weighted by molar-refractivity contribution is 6.07. The number of benzene rings is 4. The maximum absolute atomic E-state index is 12.9. The number of ether oxygens (including phenoxy) is 1. The molecule has 0 radical (unpaired) electrons. The lowest BCUT2D eigenvalue weighted by molar-refractivity contribution is -0.192. The van der Waals surface area contributed by atoms with Gasteiger partial charge in [0.2, 0.25) is 0 Å². The second-order valence-corrected chi connectivity index (χ2v) is 9.64. The fourth-order valence-corrected chi connectivity index (χ4v) is 4.35. The fraction of sp³-hybridized carbons (Fsp3) is 0.161. The zero-order valence-electron chi connectivity index (χ0n) is 22.6. The van der Waals surface area contributed by atoms with Gasteiger partial charge in [-0.2, -0.15) is 13.2 Å². The van der Waals surface area contributed by atoms with Crippen LogP contribution in [-0.2, 0) is 29.1 Å². The quantitative estimate of drug-likeness (QED) is 0.173. The number of nitrogen functional groups attached to an aromatic ring is 1. The lowest BCUT2D eigenvalue weighted by Gasteiger charge is -2.28. The Morgan fingerprint density at radius 3 is 2.16 bits per heavy atom. The Bertz CT molecular complexity index is 1680. The van der Waals surface area contributed by atoms with E-state index >= 15 is 0 Å². The van der Waals surface area contributed by atoms with Gasteiger partial charge in [-0.05, 0) is 64.2 Å². The first kappa shape index (κ1) is 30.6. The SMILES string of the molecule is N=C(N)c1ccc2cc(C(=O)Nc3ccc4c(c3)CCN(C(=O)OCc3ccccc3)C4)ccc2c1.O=C(O)C(F)(F)F. The second kappa shape index (κ2) is 13.1. The molecular formula is C31H27F3N4O5. The van der Waals surface area contributed by atoms with Gasteiger partial charge < -0.3 is 25.8 Å². The van der Waals surface area contributed by atoms with Gasteiger partial charge in [-0.3, -0.25) is 10.2 Å². The third kappa shape index (κ3) is 8.09. The maximum Gasteiger partial charge on any atom is 0.490 e. The number of carboxylic acids is 1. The normalized spacial score (nSPS) is 12.4. The van der Waals surface area contributed by atoms with Gasteiger partial charge in [0.25, 0.3) is 5.91 Å². The average molecular weight is 593 g/mol. The molecule has 0 bridgehead atoms. The molecule has 0 aromatic heterocycles. The van der Waals surface area contributed by atoms with Crippen LogP contribution in [0.2, 0.25) is 0 Å². The van der Waals surface area contributed by atoms with Crippen molar-refractivity contribution in [3.05, 3.63) is 113 Å². The highest BCUT2D eigenvalue weighted by atomic mass is 19.4. The topological polar surface area (TPSA) is 146 Å². The number of carbonyl (C=O) groups is 3. The molecule has 1 heterocycles. The maximum atomic E-state index is 12.9. The standard InChI is InChI=1S/C29H26N4O3.C2HF3O2/c30-27(31)23-8-6-21-15-24(9-7-20(21)14-23)28(34)32-26-11-10-25-17-33(13-12-22(25)16-26)29(35)36-18-19-4-2-1-3-5-19;3-2(4,5)1(6)7/h1-11,14-16H,12-13,17-18H2,(H3,30,31)(H,32,34);(H,6,7). The number of hydrogen-bond acceptors (Lipinski definition) is 5. The number of nitrogens with two attached hydrogens (primary N) is 1. The summed E-state index contributed by atoms with van der Waals surface area (Å²) in [5, 5.41) is 19.5. The first-order chi connectivity index (χ1) is 20.4. The largest absolute Gasteiger partial charge is 0.490 e. The number of halogens is 3. The Morgan fingerprint density at radius 1 is 0.907 bits per heavy atom. The van der Waals surface area contributed by atoms with Crippen LogP contribution in [0, 0.1) is 5.41 Å². The van der Waals surface area contributed by atoms with Crippen molar-refractivity contribution in [2.45, 2.75) is 25.7 Å². The third-order valence-corrected chi connectivity index (χ3v) is 6.60. The Balaban J connectivity index is 0.000000541. The molecule has 9 nitrogen and oxygen atoms in total. The summed E-state index contributed by atoms with van der Waals surface area (Å²) in [6.07, 6.45) is -4.72. The first-order valence-electron chi connectivity index (χ1n) is 13.0. The van der Waals surface area contributed by atoms with Crippen molar-refractivity contribution in [3.63, 3.8) is 0 Å². The molecule has 1 aliphatic heterocycles. The van der Waals surface area contributed by atoms with Crippen LogP contribution >= 0.6 is 0 Å². The van der Waals surface area contributed by atoms with Crippen LogP contribution < -0.4 is 11.1 Å². The Morgan fingerprint density at radius 2 is 1.53 bits per heavy atom. The van der Waals surface area contributed by atoms with Crippen molar-refractivity contribution in [1.29, 1.82) is 5.41 Å². The Hall–Kier alpha value is -5.39. The van der Waals surface area contributed by atoms with Crippen molar-refractivity contribution >= 4 is 40.3 Å². The van der Waals surface area contributed by atoms with Gasteiger partial charge in [0.15, 0.2) is 0 Å². The summed E-state index contributed by atoms with van der Waals surface area (Å²) in [5.74, 6) is -2.94. The van der Waals surface area contributed by atoms with Gasteiger partial charge in [0.05, 0.1) is 0 Å². The molecule has 1 aliphatic rings. The van der Waals surface area contributed by atoms with Gasteiger partial charge in [-0.15, -0.1) is 0 Å². The van der Waals surface area contributed by atoms with Gasteiger partial charge in [-0.25, -0.2) is 9.59 Å². The van der Waals surface area contributed by atoms with Gasteiger partial charge in [0.1, 0.15) is 12.4 Å². The molecule has 0 spiro atoms. The number of carbonyl (C=O) groups excluding carboxylic acids is 2. The van der Waals surface area contributed by atoms with E-state index in [4.69, 9.17) is 25.8 Å². The summed E-state index contributed by atoms with van der Waals surface area (Å²) < 4.78 is 37.2. The van der Waals surface area contributed by atoms with Crippen molar-refractivity contribution in [2.75, 3.05) is 11.9 Å². The molecule has 5 N–H and O–H groups in total. The van der Waals surface area contributed by atoms with Gasteiger partial charge in [0, 0.05) is 29.9 Å². The molecule has 43 heavy (non-hydrogen) atoms. The molecule has 5 rings (SSSR count). The molecule has 0 fully saturated rings. The number of fused-ring (bicyclic) bond motifs is 2. The molecule has 4 aromatic rings. The molecule has 0 aliphatic carbocycles. The molecule has 0 saturated carbocycles. The lowest BCUT2D eigenvalue weighted by Crippen LogP contribution is -2.36. The minimum absolute atomic E-state index is 0.0123. The van der Waals surface area contributed by atoms with Crippen LogP contribution in [0.5, 0.6) is 0 Å². The third-order valence-electron chi connectivity index (χ3n) is 6.60. The fourth-order valence-electron chi connectivity index (χ4n) is 4.35. The van der Waals surface area contributed by atoms with E-state index in [-0.39, 0.29) is 24.4 Å². The highest BCUT2D eigenvalue weighted by Gasteiger charge is 2.38. The summed E-state index contributed by atoms with van der Waals surface area (Å²) in [5.41, 5.74) is 10.6. The van der Waals surface area contributed by atoms with E-state index in [1.807, 2.05) is 72.8 Å². The van der Waals surface area contributed by atoms with E-state index in [2.05, 4.69) is 5.32 Å². The molecule has 0 saturated heterocycles.